The minimum atomic E-state index is -0.102. The third-order valence-corrected chi connectivity index (χ3v) is 4.51. The van der Waals surface area contributed by atoms with Crippen LogP contribution < -0.4 is 0 Å². The first-order chi connectivity index (χ1) is 8.69. The number of halogens is 1. The van der Waals surface area contributed by atoms with Crippen LogP contribution in [0.3, 0.4) is 0 Å². The number of rotatable bonds is 1. The van der Waals surface area contributed by atoms with Gasteiger partial charge in [-0.05, 0) is 37.4 Å². The molecule has 1 aliphatic heterocycles. The smallest absolute Gasteiger partial charge is 0.137 e. The maximum Gasteiger partial charge on any atom is 0.137 e. The van der Waals surface area contributed by atoms with Crippen LogP contribution in [0.1, 0.15) is 11.3 Å². The van der Waals surface area contributed by atoms with Crippen molar-refractivity contribution in [1.29, 1.82) is 0 Å². The lowest BCUT2D eigenvalue weighted by Crippen LogP contribution is -2.21. The minimum Gasteiger partial charge on any atom is -0.358 e. The summed E-state index contributed by atoms with van der Waals surface area (Å²) >= 11 is 1.46. The van der Waals surface area contributed by atoms with Crippen molar-refractivity contribution in [1.82, 2.24) is 9.88 Å². The van der Waals surface area contributed by atoms with Crippen molar-refractivity contribution in [3.63, 3.8) is 0 Å². The molecule has 0 saturated heterocycles. The average molecular weight is 264 g/mol. The standard InChI is InChI=1S/C14H17FN2S/c1-17-5-3-9-10-7-11(15)14(18-2)8-13(10)16-12(9)4-6-17/h7-8,16H,3-6H2,1-2H3. The Bertz CT molecular complexity index is 591. The quantitative estimate of drug-likeness (QED) is 0.798. The highest BCUT2D eigenvalue weighted by Crippen LogP contribution is 2.30. The van der Waals surface area contributed by atoms with Crippen LogP contribution in [0, 0.1) is 5.82 Å². The van der Waals surface area contributed by atoms with Gasteiger partial charge in [-0.3, -0.25) is 0 Å². The molecule has 3 rings (SSSR count). The highest BCUT2D eigenvalue weighted by molar-refractivity contribution is 7.98. The van der Waals surface area contributed by atoms with Gasteiger partial charge in [-0.2, -0.15) is 0 Å². The van der Waals surface area contributed by atoms with Crippen LogP contribution in [0.4, 0.5) is 4.39 Å². The van der Waals surface area contributed by atoms with E-state index in [0.717, 1.165) is 41.7 Å². The summed E-state index contributed by atoms with van der Waals surface area (Å²) in [5.74, 6) is -0.102. The van der Waals surface area contributed by atoms with Crippen molar-refractivity contribution < 1.29 is 4.39 Å². The van der Waals surface area contributed by atoms with Gasteiger partial charge in [0.15, 0.2) is 0 Å². The predicted molar refractivity (Wildman–Crippen MR) is 74.9 cm³/mol. The number of H-pyrrole nitrogens is 1. The number of aromatic amines is 1. The molecule has 0 amide bonds. The monoisotopic (exact) mass is 264 g/mol. The van der Waals surface area contributed by atoms with Crippen molar-refractivity contribution in [2.45, 2.75) is 17.7 Å². The van der Waals surface area contributed by atoms with Crippen LogP contribution in [0.5, 0.6) is 0 Å². The highest BCUT2D eigenvalue weighted by Gasteiger charge is 2.17. The van der Waals surface area contributed by atoms with Gasteiger partial charge >= 0.3 is 0 Å². The van der Waals surface area contributed by atoms with E-state index in [0.29, 0.717) is 0 Å². The van der Waals surface area contributed by atoms with Crippen molar-refractivity contribution in [3.05, 3.63) is 29.2 Å². The maximum atomic E-state index is 13.9. The van der Waals surface area contributed by atoms with E-state index in [9.17, 15) is 4.39 Å². The molecule has 1 aromatic heterocycles. The van der Waals surface area contributed by atoms with Crippen molar-refractivity contribution >= 4 is 22.7 Å². The first-order valence-corrected chi connectivity index (χ1v) is 7.47. The number of nitrogens with zero attached hydrogens (tertiary/aromatic N) is 1. The molecule has 1 aromatic carbocycles. The van der Waals surface area contributed by atoms with Gasteiger partial charge in [-0.15, -0.1) is 11.8 Å². The molecule has 2 nitrogen and oxygen atoms in total. The number of likely N-dealkylation sites (N-methyl/N-ethyl adjacent to an activating group) is 1. The topological polar surface area (TPSA) is 19.0 Å². The normalized spacial score (nSPS) is 16.8. The van der Waals surface area contributed by atoms with Crippen LogP contribution >= 0.6 is 11.8 Å². The highest BCUT2D eigenvalue weighted by atomic mass is 32.2. The molecule has 2 heterocycles. The van der Waals surface area contributed by atoms with Crippen LogP contribution in [-0.2, 0) is 12.8 Å². The third-order valence-electron chi connectivity index (χ3n) is 3.75. The lowest BCUT2D eigenvalue weighted by atomic mass is 10.1. The number of hydrogen-bond donors (Lipinski definition) is 1. The fourth-order valence-electron chi connectivity index (χ4n) is 2.68. The summed E-state index contributed by atoms with van der Waals surface area (Å²) in [7, 11) is 2.14. The summed E-state index contributed by atoms with van der Waals surface area (Å²) in [4.78, 5) is 6.52. The molecule has 0 aliphatic carbocycles. The molecular formula is C14H17FN2S. The molecule has 0 atom stereocenters. The first-order valence-electron chi connectivity index (χ1n) is 6.24. The Morgan fingerprint density at radius 1 is 1.28 bits per heavy atom. The summed E-state index contributed by atoms with van der Waals surface area (Å²) in [5, 5.41) is 1.07. The molecule has 4 heteroatoms. The largest absolute Gasteiger partial charge is 0.358 e. The SMILES string of the molecule is CSc1cc2[nH]c3c(c2cc1F)CCN(C)CC3. The Morgan fingerprint density at radius 2 is 2.06 bits per heavy atom. The van der Waals surface area contributed by atoms with E-state index in [2.05, 4.69) is 16.9 Å². The summed E-state index contributed by atoms with van der Waals surface area (Å²) < 4.78 is 13.9. The summed E-state index contributed by atoms with van der Waals surface area (Å²) in [6.07, 6.45) is 3.94. The average Bonchev–Trinajstić information content (AvgIpc) is 2.58. The van der Waals surface area contributed by atoms with Gasteiger partial charge in [-0.25, -0.2) is 4.39 Å². The van der Waals surface area contributed by atoms with Crippen molar-refractivity contribution in [3.8, 4) is 0 Å². The minimum absolute atomic E-state index is 0.102. The van der Waals surface area contributed by atoms with E-state index in [1.165, 1.54) is 23.0 Å². The predicted octanol–water partition coefficient (Wildman–Crippen LogP) is 3.06. The molecule has 1 aliphatic rings. The Labute approximate surface area is 111 Å². The number of nitrogens with one attached hydrogen (secondary N) is 1. The summed E-state index contributed by atoms with van der Waals surface area (Å²) in [5.41, 5.74) is 3.67. The number of aromatic nitrogens is 1. The fraction of sp³-hybridized carbons (Fsp3) is 0.429. The molecule has 96 valence electrons. The Hall–Kier alpha value is -1.00. The van der Waals surface area contributed by atoms with Gasteiger partial charge in [0.1, 0.15) is 5.82 Å². The third kappa shape index (κ3) is 1.93. The Balaban J connectivity index is 2.15. The van der Waals surface area contributed by atoms with Crippen LogP contribution in [0.25, 0.3) is 10.9 Å². The molecule has 0 bridgehead atoms. The lowest BCUT2D eigenvalue weighted by Gasteiger charge is -2.11. The summed E-state index contributed by atoms with van der Waals surface area (Å²) in [6, 6.07) is 3.63. The van der Waals surface area contributed by atoms with E-state index >= 15 is 0 Å². The fourth-order valence-corrected chi connectivity index (χ4v) is 3.17. The van der Waals surface area contributed by atoms with Crippen molar-refractivity contribution in [2.75, 3.05) is 26.4 Å². The van der Waals surface area contributed by atoms with Crippen LogP contribution in [-0.4, -0.2) is 36.3 Å². The molecular weight excluding hydrogens is 247 g/mol. The zero-order valence-electron chi connectivity index (χ0n) is 10.7. The second-order valence-corrected chi connectivity index (χ2v) is 5.77. The van der Waals surface area contributed by atoms with E-state index < -0.39 is 0 Å². The van der Waals surface area contributed by atoms with E-state index in [1.54, 1.807) is 6.07 Å². The molecule has 2 aromatic rings. The number of thioether (sulfide) groups is 1. The first kappa shape index (κ1) is 12.1. The molecule has 0 radical (unpaired) electrons. The van der Waals surface area contributed by atoms with Gasteiger partial charge in [0.2, 0.25) is 0 Å². The van der Waals surface area contributed by atoms with Gasteiger partial charge in [0, 0.05) is 41.0 Å². The molecule has 0 saturated carbocycles. The molecule has 0 spiro atoms. The van der Waals surface area contributed by atoms with E-state index in [1.807, 2.05) is 12.3 Å². The van der Waals surface area contributed by atoms with Gasteiger partial charge < -0.3 is 9.88 Å². The van der Waals surface area contributed by atoms with Crippen LogP contribution in [0.2, 0.25) is 0 Å². The second-order valence-electron chi connectivity index (χ2n) is 4.92. The Morgan fingerprint density at radius 3 is 2.83 bits per heavy atom. The molecule has 0 fully saturated rings. The Kier molecular flexibility index (Phi) is 3.08. The van der Waals surface area contributed by atoms with E-state index in [-0.39, 0.29) is 5.82 Å². The van der Waals surface area contributed by atoms with Gasteiger partial charge in [-0.1, -0.05) is 0 Å². The second kappa shape index (κ2) is 4.59. The summed E-state index contributed by atoms with van der Waals surface area (Å²) in [6.45, 7) is 2.11. The molecule has 18 heavy (non-hydrogen) atoms. The number of fused-ring (bicyclic) bond motifs is 3. The zero-order chi connectivity index (χ0) is 12.7. The van der Waals surface area contributed by atoms with Crippen LogP contribution in [0.15, 0.2) is 17.0 Å². The zero-order valence-corrected chi connectivity index (χ0v) is 11.5. The van der Waals surface area contributed by atoms with Gasteiger partial charge in [0.05, 0.1) is 0 Å². The number of hydrogen-bond acceptors (Lipinski definition) is 2. The number of benzene rings is 1. The van der Waals surface area contributed by atoms with Gasteiger partial charge in [0.25, 0.3) is 0 Å². The lowest BCUT2D eigenvalue weighted by molar-refractivity contribution is 0.352. The van der Waals surface area contributed by atoms with Crippen molar-refractivity contribution in [2.24, 2.45) is 0 Å². The molecule has 1 N–H and O–H groups in total. The maximum absolute atomic E-state index is 13.9. The van der Waals surface area contributed by atoms with E-state index in [4.69, 9.17) is 0 Å². The molecule has 0 unspecified atom stereocenters.